The zero-order valence-corrected chi connectivity index (χ0v) is 21.9. The van der Waals surface area contributed by atoms with Crippen LogP contribution in [0.15, 0.2) is 42.5 Å². The van der Waals surface area contributed by atoms with Crippen LogP contribution in [0.2, 0.25) is 0 Å². The molecule has 7 nitrogen and oxygen atoms in total. The molecular formula is C27H32FN3O4S. The molecule has 2 aromatic carbocycles. The zero-order chi connectivity index (χ0) is 26.0. The molecule has 9 heteroatoms. The van der Waals surface area contributed by atoms with E-state index < -0.39 is 11.7 Å². The predicted molar refractivity (Wildman–Crippen MR) is 139 cm³/mol. The monoisotopic (exact) mass is 513 g/mol. The van der Waals surface area contributed by atoms with Gasteiger partial charge in [0.05, 0.1) is 5.75 Å². The minimum absolute atomic E-state index is 0.0175. The number of anilines is 1. The van der Waals surface area contributed by atoms with E-state index in [1.54, 1.807) is 28.0 Å². The van der Waals surface area contributed by atoms with E-state index in [0.717, 1.165) is 16.8 Å². The highest BCUT2D eigenvalue weighted by Gasteiger charge is 2.35. The fourth-order valence-electron chi connectivity index (χ4n) is 4.50. The Labute approximate surface area is 215 Å². The molecule has 2 saturated heterocycles. The van der Waals surface area contributed by atoms with Crippen molar-refractivity contribution in [3.8, 4) is 0 Å². The molecule has 36 heavy (non-hydrogen) atoms. The maximum absolute atomic E-state index is 13.4. The lowest BCUT2D eigenvalue weighted by molar-refractivity contribution is -0.115. The third-order valence-electron chi connectivity index (χ3n) is 6.23. The molecule has 4 rings (SSSR count). The topological polar surface area (TPSA) is 79.0 Å². The Balaban J connectivity index is 1.41. The molecule has 0 radical (unpaired) electrons. The number of hydrogen-bond donors (Lipinski definition) is 1. The molecule has 192 valence electrons. The molecule has 2 aliphatic rings. The molecule has 1 unspecified atom stereocenters. The van der Waals surface area contributed by atoms with Gasteiger partial charge >= 0.3 is 6.09 Å². The number of piperidine rings is 1. The standard InChI is InChI=1S/C27H32FN3O4S/c1-17-15-19(24(33)30-13-11-21(12-14-30)29-26(34)35-27(2,3)4)7-10-22(17)31-23(32)16-36-25(31)18-5-8-20(28)9-6-18/h5-10,15,21,25H,11-14,16H2,1-4H3,(H,29,34). The highest BCUT2D eigenvalue weighted by Crippen LogP contribution is 2.43. The molecule has 3 amide bonds. The normalized spacial score (nSPS) is 18.9. The summed E-state index contributed by atoms with van der Waals surface area (Å²) >= 11 is 1.50. The molecule has 0 aromatic heterocycles. The number of likely N-dealkylation sites (tertiary alicyclic amines) is 1. The summed E-state index contributed by atoms with van der Waals surface area (Å²) in [6.07, 6.45) is 0.869. The second-order valence-corrected chi connectivity index (χ2v) is 11.3. The maximum Gasteiger partial charge on any atom is 0.407 e. The molecule has 2 aromatic rings. The van der Waals surface area contributed by atoms with Crippen LogP contribution in [0, 0.1) is 12.7 Å². The molecular weight excluding hydrogens is 481 g/mol. The van der Waals surface area contributed by atoms with Crippen molar-refractivity contribution >= 4 is 35.4 Å². The molecule has 2 fully saturated rings. The number of benzene rings is 2. The summed E-state index contributed by atoms with van der Waals surface area (Å²) < 4.78 is 18.7. The van der Waals surface area contributed by atoms with Gasteiger partial charge in [0.1, 0.15) is 16.8 Å². The number of rotatable bonds is 4. The average molecular weight is 514 g/mol. The van der Waals surface area contributed by atoms with Crippen molar-refractivity contribution in [1.29, 1.82) is 0 Å². The number of alkyl carbamates (subject to hydrolysis) is 1. The van der Waals surface area contributed by atoms with Crippen molar-refractivity contribution in [2.75, 3.05) is 23.7 Å². The van der Waals surface area contributed by atoms with Gasteiger partial charge in [-0.1, -0.05) is 12.1 Å². The number of ether oxygens (including phenoxy) is 1. The number of thioether (sulfide) groups is 1. The number of amides is 3. The second-order valence-electron chi connectivity index (χ2n) is 10.2. The van der Waals surface area contributed by atoms with Gasteiger partial charge in [-0.05, 0) is 82.0 Å². The molecule has 0 spiro atoms. The smallest absolute Gasteiger partial charge is 0.407 e. The summed E-state index contributed by atoms with van der Waals surface area (Å²) in [6, 6.07) is 11.6. The molecule has 2 aliphatic heterocycles. The highest BCUT2D eigenvalue weighted by atomic mass is 32.2. The van der Waals surface area contributed by atoms with Crippen molar-refractivity contribution in [2.24, 2.45) is 0 Å². The van der Waals surface area contributed by atoms with E-state index in [2.05, 4.69) is 5.32 Å². The Morgan fingerprint density at radius 1 is 1.08 bits per heavy atom. The van der Waals surface area contributed by atoms with Gasteiger partial charge in [-0.15, -0.1) is 11.8 Å². The van der Waals surface area contributed by atoms with Gasteiger partial charge in [0.2, 0.25) is 5.91 Å². The van der Waals surface area contributed by atoms with Crippen LogP contribution in [-0.4, -0.2) is 53.3 Å². The summed E-state index contributed by atoms with van der Waals surface area (Å²) in [5, 5.41) is 2.65. The lowest BCUT2D eigenvalue weighted by atomic mass is 10.0. The summed E-state index contributed by atoms with van der Waals surface area (Å²) in [7, 11) is 0. The third-order valence-corrected chi connectivity index (χ3v) is 7.44. The van der Waals surface area contributed by atoms with Gasteiger partial charge in [-0.2, -0.15) is 0 Å². The van der Waals surface area contributed by atoms with Gasteiger partial charge in [0.15, 0.2) is 0 Å². The van der Waals surface area contributed by atoms with Crippen LogP contribution >= 0.6 is 11.8 Å². The number of carbonyl (C=O) groups excluding carboxylic acids is 3. The first-order valence-electron chi connectivity index (χ1n) is 12.1. The lowest BCUT2D eigenvalue weighted by Crippen LogP contribution is -2.47. The first-order chi connectivity index (χ1) is 17.0. The van der Waals surface area contributed by atoms with E-state index in [9.17, 15) is 18.8 Å². The van der Waals surface area contributed by atoms with Crippen LogP contribution < -0.4 is 10.2 Å². The molecule has 0 bridgehead atoms. The van der Waals surface area contributed by atoms with Crippen LogP contribution in [0.5, 0.6) is 0 Å². The van der Waals surface area contributed by atoms with Gasteiger partial charge in [-0.25, -0.2) is 9.18 Å². The van der Waals surface area contributed by atoms with Crippen LogP contribution in [0.1, 0.15) is 60.5 Å². The summed E-state index contributed by atoms with van der Waals surface area (Å²) in [6.45, 7) is 8.43. The van der Waals surface area contributed by atoms with Crippen molar-refractivity contribution in [3.63, 3.8) is 0 Å². The Kier molecular flexibility index (Phi) is 7.59. The fourth-order valence-corrected chi connectivity index (χ4v) is 5.67. The summed E-state index contributed by atoms with van der Waals surface area (Å²) in [5.41, 5.74) is 2.44. The fraction of sp³-hybridized carbons (Fsp3) is 0.444. The number of halogens is 1. The van der Waals surface area contributed by atoms with Crippen molar-refractivity contribution < 1.29 is 23.5 Å². The SMILES string of the molecule is Cc1cc(C(=O)N2CCC(NC(=O)OC(C)(C)C)CC2)ccc1N1C(=O)CSC1c1ccc(F)cc1. The summed E-state index contributed by atoms with van der Waals surface area (Å²) in [4.78, 5) is 41.5. The number of nitrogens with zero attached hydrogens (tertiary/aromatic N) is 2. The van der Waals surface area contributed by atoms with E-state index in [1.165, 1.54) is 23.9 Å². The van der Waals surface area contributed by atoms with Crippen LogP contribution in [-0.2, 0) is 9.53 Å². The number of carbonyl (C=O) groups is 3. The molecule has 1 atom stereocenters. The molecule has 1 N–H and O–H groups in total. The van der Waals surface area contributed by atoms with E-state index in [4.69, 9.17) is 4.74 Å². The van der Waals surface area contributed by atoms with E-state index in [-0.39, 0.29) is 29.0 Å². The minimum atomic E-state index is -0.553. The first kappa shape index (κ1) is 26.0. The largest absolute Gasteiger partial charge is 0.444 e. The van der Waals surface area contributed by atoms with Crippen molar-refractivity contribution in [1.82, 2.24) is 10.2 Å². The van der Waals surface area contributed by atoms with Crippen molar-refractivity contribution in [2.45, 2.75) is 57.6 Å². The quantitative estimate of drug-likeness (QED) is 0.620. The Hall–Kier alpha value is -3.07. The second kappa shape index (κ2) is 10.5. The Morgan fingerprint density at radius 2 is 1.75 bits per heavy atom. The molecule has 0 aliphatic carbocycles. The van der Waals surface area contributed by atoms with Gasteiger partial charge in [0, 0.05) is 30.4 Å². The van der Waals surface area contributed by atoms with Gasteiger partial charge in [-0.3, -0.25) is 14.5 Å². The van der Waals surface area contributed by atoms with Gasteiger partial charge in [0.25, 0.3) is 5.91 Å². The maximum atomic E-state index is 13.4. The van der Waals surface area contributed by atoms with E-state index >= 15 is 0 Å². The Morgan fingerprint density at radius 3 is 2.36 bits per heavy atom. The summed E-state index contributed by atoms with van der Waals surface area (Å²) in [5.74, 6) is -0.0639. The number of hydrogen-bond acceptors (Lipinski definition) is 5. The van der Waals surface area contributed by atoms with E-state index in [1.807, 2.05) is 39.8 Å². The van der Waals surface area contributed by atoms with Crippen LogP contribution in [0.4, 0.5) is 14.9 Å². The van der Waals surface area contributed by atoms with Crippen LogP contribution in [0.3, 0.4) is 0 Å². The first-order valence-corrected chi connectivity index (χ1v) is 13.2. The lowest BCUT2D eigenvalue weighted by Gasteiger charge is -2.33. The third kappa shape index (κ3) is 6.00. The molecule has 2 heterocycles. The van der Waals surface area contributed by atoms with Gasteiger partial charge < -0.3 is 15.0 Å². The Bertz CT molecular complexity index is 1140. The van der Waals surface area contributed by atoms with Crippen LogP contribution in [0.25, 0.3) is 0 Å². The number of nitrogens with one attached hydrogen (secondary N) is 1. The highest BCUT2D eigenvalue weighted by molar-refractivity contribution is 8.00. The molecule has 0 saturated carbocycles. The number of aryl methyl sites for hydroxylation is 1. The predicted octanol–water partition coefficient (Wildman–Crippen LogP) is 5.04. The van der Waals surface area contributed by atoms with Crippen molar-refractivity contribution in [3.05, 3.63) is 65.0 Å². The zero-order valence-electron chi connectivity index (χ0n) is 21.0. The van der Waals surface area contributed by atoms with E-state index in [0.29, 0.717) is 37.2 Å². The minimum Gasteiger partial charge on any atom is -0.444 e. The average Bonchev–Trinajstić information content (AvgIpc) is 3.19.